The summed E-state index contributed by atoms with van der Waals surface area (Å²) in [5, 5.41) is 0. The first-order valence-electron chi connectivity index (χ1n) is 6.50. The standard InChI is InChI=1S/C11H10O2.C6H8/c1-4-9-10(8(2)12)6-5-7-11(9)13-3;1-2-6-4-3-5(1)6/h1,5-7H,2-3H3;1,6H,2-4H2. The van der Waals surface area contributed by atoms with Crippen LogP contribution in [0.3, 0.4) is 0 Å². The van der Waals surface area contributed by atoms with Crippen molar-refractivity contribution in [1.82, 2.24) is 0 Å². The molecule has 2 aliphatic rings. The summed E-state index contributed by atoms with van der Waals surface area (Å²) in [5.74, 6) is 4.04. The van der Waals surface area contributed by atoms with Crippen LogP contribution in [0, 0.1) is 18.3 Å². The Labute approximate surface area is 114 Å². The van der Waals surface area contributed by atoms with Crippen molar-refractivity contribution in [2.24, 2.45) is 5.92 Å². The highest BCUT2D eigenvalue weighted by molar-refractivity contribution is 5.97. The average Bonchev–Trinajstić information content (AvgIpc) is 2.42. The van der Waals surface area contributed by atoms with Gasteiger partial charge in [0, 0.05) is 5.56 Å². The third kappa shape index (κ3) is 2.71. The van der Waals surface area contributed by atoms with Crippen LogP contribution in [-0.4, -0.2) is 12.9 Å². The number of carbonyl (C=O) groups is 1. The number of carbonyl (C=O) groups excluding carboxylic acids is 1. The van der Waals surface area contributed by atoms with Crippen molar-refractivity contribution >= 4 is 5.78 Å². The number of hydrogen-bond acceptors (Lipinski definition) is 2. The fourth-order valence-electron chi connectivity index (χ4n) is 2.33. The first-order valence-corrected chi connectivity index (χ1v) is 6.50. The van der Waals surface area contributed by atoms with Crippen molar-refractivity contribution in [2.45, 2.75) is 26.2 Å². The average molecular weight is 254 g/mol. The van der Waals surface area contributed by atoms with E-state index in [9.17, 15) is 4.79 Å². The molecular weight excluding hydrogens is 236 g/mol. The van der Waals surface area contributed by atoms with E-state index in [4.69, 9.17) is 11.2 Å². The molecule has 0 bridgehead atoms. The quantitative estimate of drug-likeness (QED) is 0.458. The molecule has 1 fully saturated rings. The molecule has 2 aliphatic carbocycles. The molecule has 0 aliphatic heterocycles. The number of fused-ring (bicyclic) bond motifs is 1. The molecule has 1 aromatic rings. The van der Waals surface area contributed by atoms with E-state index in [1.54, 1.807) is 23.8 Å². The molecule has 19 heavy (non-hydrogen) atoms. The fraction of sp³-hybridized carbons (Fsp3) is 0.353. The number of ether oxygens (including phenoxy) is 1. The first-order chi connectivity index (χ1) is 9.17. The summed E-state index contributed by atoms with van der Waals surface area (Å²) in [6.45, 7) is 1.48. The molecule has 0 N–H and O–H groups in total. The number of hydrogen-bond donors (Lipinski definition) is 0. The molecule has 98 valence electrons. The monoisotopic (exact) mass is 254 g/mol. The lowest BCUT2D eigenvalue weighted by Gasteiger charge is -2.36. The zero-order chi connectivity index (χ0) is 13.8. The Kier molecular flexibility index (Phi) is 4.06. The molecule has 2 heteroatoms. The highest BCUT2D eigenvalue weighted by Gasteiger charge is 2.28. The van der Waals surface area contributed by atoms with E-state index < -0.39 is 0 Å². The van der Waals surface area contributed by atoms with Gasteiger partial charge in [-0.2, -0.15) is 0 Å². The molecule has 1 atom stereocenters. The second-order valence-corrected chi connectivity index (χ2v) is 4.83. The predicted octanol–water partition coefficient (Wildman–Crippen LogP) is 3.61. The van der Waals surface area contributed by atoms with Crippen molar-refractivity contribution in [3.05, 3.63) is 41.0 Å². The van der Waals surface area contributed by atoms with E-state index in [0.717, 1.165) is 5.92 Å². The zero-order valence-corrected chi connectivity index (χ0v) is 11.4. The zero-order valence-electron chi connectivity index (χ0n) is 11.4. The van der Waals surface area contributed by atoms with Crippen LogP contribution < -0.4 is 4.74 Å². The number of Topliss-reactive ketones (excluding diaryl/α,β-unsaturated/α-hetero) is 1. The van der Waals surface area contributed by atoms with Crippen molar-refractivity contribution in [1.29, 1.82) is 0 Å². The fourth-order valence-corrected chi connectivity index (χ4v) is 2.33. The summed E-state index contributed by atoms with van der Waals surface area (Å²) in [4.78, 5) is 11.1. The minimum absolute atomic E-state index is 0.0492. The van der Waals surface area contributed by atoms with Gasteiger partial charge in [0.25, 0.3) is 0 Å². The van der Waals surface area contributed by atoms with Gasteiger partial charge in [0.05, 0.1) is 12.7 Å². The minimum atomic E-state index is -0.0492. The molecule has 0 radical (unpaired) electrons. The van der Waals surface area contributed by atoms with E-state index in [0.29, 0.717) is 16.9 Å². The number of benzene rings is 1. The SMILES string of the molecule is C#Cc1c(OC)cccc1C(C)=O.C1=C2CCC2C1. The third-order valence-electron chi connectivity index (χ3n) is 3.74. The lowest BCUT2D eigenvalue weighted by Crippen LogP contribution is -2.21. The Bertz CT molecular complexity index is 561. The summed E-state index contributed by atoms with van der Waals surface area (Å²) in [7, 11) is 1.53. The number of allylic oxidation sites excluding steroid dienone is 2. The van der Waals surface area contributed by atoms with Crippen LogP contribution in [0.25, 0.3) is 0 Å². The van der Waals surface area contributed by atoms with Gasteiger partial charge in [0.2, 0.25) is 0 Å². The molecule has 1 unspecified atom stereocenters. The van der Waals surface area contributed by atoms with E-state index in [2.05, 4.69) is 12.0 Å². The Morgan fingerprint density at radius 2 is 2.21 bits per heavy atom. The van der Waals surface area contributed by atoms with Crippen LogP contribution in [0.15, 0.2) is 29.8 Å². The van der Waals surface area contributed by atoms with E-state index in [-0.39, 0.29) is 5.78 Å². The van der Waals surface area contributed by atoms with Crippen LogP contribution in [0.1, 0.15) is 42.1 Å². The smallest absolute Gasteiger partial charge is 0.161 e. The van der Waals surface area contributed by atoms with Gasteiger partial charge in [-0.05, 0) is 44.2 Å². The highest BCUT2D eigenvalue weighted by Crippen LogP contribution is 2.43. The lowest BCUT2D eigenvalue weighted by molar-refractivity contribution is 0.101. The van der Waals surface area contributed by atoms with E-state index >= 15 is 0 Å². The molecule has 0 aromatic heterocycles. The molecule has 2 nitrogen and oxygen atoms in total. The maximum atomic E-state index is 11.1. The molecule has 3 rings (SSSR count). The summed E-state index contributed by atoms with van der Waals surface area (Å²) < 4.78 is 5.03. The maximum Gasteiger partial charge on any atom is 0.161 e. The molecule has 1 saturated carbocycles. The second-order valence-electron chi connectivity index (χ2n) is 4.83. The van der Waals surface area contributed by atoms with Crippen molar-refractivity contribution in [3.63, 3.8) is 0 Å². The lowest BCUT2D eigenvalue weighted by atomic mass is 9.69. The molecule has 0 amide bonds. The predicted molar refractivity (Wildman–Crippen MR) is 76.4 cm³/mol. The van der Waals surface area contributed by atoms with Gasteiger partial charge in [0.1, 0.15) is 5.75 Å². The van der Waals surface area contributed by atoms with Gasteiger partial charge >= 0.3 is 0 Å². The van der Waals surface area contributed by atoms with Gasteiger partial charge in [-0.25, -0.2) is 0 Å². The number of ketones is 1. The van der Waals surface area contributed by atoms with Crippen LogP contribution >= 0.6 is 0 Å². The van der Waals surface area contributed by atoms with Crippen molar-refractivity contribution < 1.29 is 9.53 Å². The Morgan fingerprint density at radius 1 is 1.47 bits per heavy atom. The normalized spacial score (nSPS) is 18.4. The van der Waals surface area contributed by atoms with Gasteiger partial charge in [-0.1, -0.05) is 23.6 Å². The first kappa shape index (κ1) is 13.4. The molecule has 0 spiro atoms. The van der Waals surface area contributed by atoms with Gasteiger partial charge in [-0.3, -0.25) is 4.79 Å². The Balaban J connectivity index is 0.000000180. The molecular formula is C17H18O2. The van der Waals surface area contributed by atoms with Gasteiger partial charge in [-0.15, -0.1) is 6.42 Å². The van der Waals surface area contributed by atoms with Crippen LogP contribution in [0.2, 0.25) is 0 Å². The maximum absolute atomic E-state index is 11.1. The minimum Gasteiger partial charge on any atom is -0.495 e. The molecule has 0 saturated heterocycles. The largest absolute Gasteiger partial charge is 0.495 e. The van der Waals surface area contributed by atoms with Crippen LogP contribution in [0.5, 0.6) is 5.75 Å². The van der Waals surface area contributed by atoms with Crippen LogP contribution in [-0.2, 0) is 0 Å². The number of rotatable bonds is 2. The third-order valence-corrected chi connectivity index (χ3v) is 3.74. The van der Waals surface area contributed by atoms with Gasteiger partial charge < -0.3 is 4.74 Å². The van der Waals surface area contributed by atoms with E-state index in [1.165, 1.54) is 33.3 Å². The van der Waals surface area contributed by atoms with Crippen LogP contribution in [0.4, 0.5) is 0 Å². The van der Waals surface area contributed by atoms with Gasteiger partial charge in [0.15, 0.2) is 5.78 Å². The number of terminal acetylenes is 1. The summed E-state index contributed by atoms with van der Waals surface area (Å²) in [6, 6.07) is 5.18. The second kappa shape index (κ2) is 5.75. The van der Waals surface area contributed by atoms with Crippen molar-refractivity contribution in [2.75, 3.05) is 7.11 Å². The number of methoxy groups -OCH3 is 1. The summed E-state index contributed by atoms with van der Waals surface area (Å²) >= 11 is 0. The molecule has 1 aromatic carbocycles. The Hall–Kier alpha value is -2.01. The topological polar surface area (TPSA) is 26.3 Å². The summed E-state index contributed by atoms with van der Waals surface area (Å²) in [5.41, 5.74) is 2.80. The summed E-state index contributed by atoms with van der Waals surface area (Å²) in [6.07, 6.45) is 12.0. The Morgan fingerprint density at radius 3 is 2.53 bits per heavy atom. The molecule has 0 heterocycles. The van der Waals surface area contributed by atoms with E-state index in [1.807, 2.05) is 0 Å². The highest BCUT2D eigenvalue weighted by atomic mass is 16.5. The van der Waals surface area contributed by atoms with Crippen molar-refractivity contribution in [3.8, 4) is 18.1 Å².